The first kappa shape index (κ1) is 13.0. The monoisotopic (exact) mass is 257 g/mol. The lowest BCUT2D eigenvalue weighted by Crippen LogP contribution is -2.16. The van der Waals surface area contributed by atoms with Crippen LogP contribution < -0.4 is 15.2 Å². The van der Waals surface area contributed by atoms with Gasteiger partial charge in [0.15, 0.2) is 0 Å². The molecule has 4 heteroatoms. The SMILES string of the molecule is COc1ccc(Cc2ccc(OC(N)=O)cc2)cc1. The highest BCUT2D eigenvalue weighted by Crippen LogP contribution is 2.17. The van der Waals surface area contributed by atoms with Crippen molar-refractivity contribution >= 4 is 6.09 Å². The molecule has 19 heavy (non-hydrogen) atoms. The third-order valence-corrected chi connectivity index (χ3v) is 2.71. The van der Waals surface area contributed by atoms with Gasteiger partial charge in [0.25, 0.3) is 0 Å². The van der Waals surface area contributed by atoms with Crippen LogP contribution in [-0.2, 0) is 6.42 Å². The fourth-order valence-corrected chi connectivity index (χ4v) is 1.77. The summed E-state index contributed by atoms with van der Waals surface area (Å²) in [5.41, 5.74) is 7.25. The lowest BCUT2D eigenvalue weighted by molar-refractivity contribution is 0.211. The predicted octanol–water partition coefficient (Wildman–Crippen LogP) is 2.74. The Kier molecular flexibility index (Phi) is 4.03. The van der Waals surface area contributed by atoms with Crippen molar-refractivity contribution in [2.75, 3.05) is 7.11 Å². The molecule has 4 nitrogen and oxygen atoms in total. The van der Waals surface area contributed by atoms with Gasteiger partial charge >= 0.3 is 6.09 Å². The number of benzene rings is 2. The molecule has 0 saturated heterocycles. The van der Waals surface area contributed by atoms with Crippen molar-refractivity contribution in [3.05, 3.63) is 59.7 Å². The van der Waals surface area contributed by atoms with E-state index in [1.165, 1.54) is 5.56 Å². The molecular weight excluding hydrogens is 242 g/mol. The topological polar surface area (TPSA) is 61.6 Å². The number of hydrogen-bond acceptors (Lipinski definition) is 3. The van der Waals surface area contributed by atoms with Crippen LogP contribution in [0, 0.1) is 0 Å². The highest BCUT2D eigenvalue weighted by atomic mass is 16.5. The fourth-order valence-electron chi connectivity index (χ4n) is 1.77. The maximum Gasteiger partial charge on any atom is 0.409 e. The van der Waals surface area contributed by atoms with Gasteiger partial charge in [-0.15, -0.1) is 0 Å². The summed E-state index contributed by atoms with van der Waals surface area (Å²) in [6.07, 6.45) is 0.00353. The number of rotatable bonds is 4. The van der Waals surface area contributed by atoms with Crippen LogP contribution >= 0.6 is 0 Å². The first-order chi connectivity index (χ1) is 9.17. The molecule has 0 fully saturated rings. The van der Waals surface area contributed by atoms with Gasteiger partial charge in [-0.2, -0.15) is 0 Å². The normalized spacial score (nSPS) is 9.95. The molecule has 1 amide bonds. The van der Waals surface area contributed by atoms with Crippen LogP contribution in [0.25, 0.3) is 0 Å². The molecule has 0 aliphatic heterocycles. The van der Waals surface area contributed by atoms with Crippen LogP contribution in [0.2, 0.25) is 0 Å². The number of carbonyl (C=O) groups excluding carboxylic acids is 1. The minimum absolute atomic E-state index is 0.450. The fraction of sp³-hybridized carbons (Fsp3) is 0.133. The van der Waals surface area contributed by atoms with Crippen molar-refractivity contribution in [1.29, 1.82) is 0 Å². The highest BCUT2D eigenvalue weighted by molar-refractivity contribution is 5.68. The molecule has 2 aromatic carbocycles. The van der Waals surface area contributed by atoms with Crippen LogP contribution in [0.4, 0.5) is 4.79 Å². The molecule has 0 spiro atoms. The van der Waals surface area contributed by atoms with Crippen LogP contribution in [0.15, 0.2) is 48.5 Å². The van der Waals surface area contributed by atoms with Crippen molar-refractivity contribution in [2.24, 2.45) is 5.73 Å². The molecule has 0 aliphatic rings. The van der Waals surface area contributed by atoms with Crippen molar-refractivity contribution in [3.8, 4) is 11.5 Å². The van der Waals surface area contributed by atoms with Gasteiger partial charge in [-0.25, -0.2) is 4.79 Å². The highest BCUT2D eigenvalue weighted by Gasteiger charge is 2.00. The summed E-state index contributed by atoms with van der Waals surface area (Å²) in [5, 5.41) is 0. The minimum atomic E-state index is -0.803. The van der Waals surface area contributed by atoms with Gasteiger partial charge in [-0.1, -0.05) is 24.3 Å². The largest absolute Gasteiger partial charge is 0.497 e. The zero-order valence-corrected chi connectivity index (χ0v) is 10.6. The summed E-state index contributed by atoms with van der Waals surface area (Å²) < 4.78 is 9.88. The van der Waals surface area contributed by atoms with E-state index < -0.39 is 6.09 Å². The zero-order valence-electron chi connectivity index (χ0n) is 10.6. The van der Waals surface area contributed by atoms with Gasteiger partial charge in [-0.05, 0) is 41.8 Å². The summed E-state index contributed by atoms with van der Waals surface area (Å²) in [5.74, 6) is 1.29. The van der Waals surface area contributed by atoms with E-state index >= 15 is 0 Å². The zero-order chi connectivity index (χ0) is 13.7. The quantitative estimate of drug-likeness (QED) is 0.916. The van der Waals surface area contributed by atoms with E-state index in [-0.39, 0.29) is 0 Å². The Labute approximate surface area is 111 Å². The van der Waals surface area contributed by atoms with Gasteiger partial charge in [0.1, 0.15) is 11.5 Å². The Morgan fingerprint density at radius 2 is 1.42 bits per heavy atom. The Morgan fingerprint density at radius 3 is 1.84 bits per heavy atom. The third-order valence-electron chi connectivity index (χ3n) is 2.71. The summed E-state index contributed by atoms with van der Waals surface area (Å²) in [6.45, 7) is 0. The van der Waals surface area contributed by atoms with Gasteiger partial charge in [0.2, 0.25) is 0 Å². The van der Waals surface area contributed by atoms with Gasteiger partial charge in [0.05, 0.1) is 7.11 Å². The van der Waals surface area contributed by atoms with Gasteiger partial charge < -0.3 is 15.2 Å². The van der Waals surface area contributed by atoms with E-state index in [2.05, 4.69) is 0 Å². The molecule has 0 aliphatic carbocycles. The Morgan fingerprint density at radius 1 is 0.947 bits per heavy atom. The summed E-state index contributed by atoms with van der Waals surface area (Å²) in [7, 11) is 1.65. The Balaban J connectivity index is 2.04. The second kappa shape index (κ2) is 5.91. The lowest BCUT2D eigenvalue weighted by Gasteiger charge is -2.05. The number of methoxy groups -OCH3 is 1. The van der Waals surface area contributed by atoms with Crippen LogP contribution in [0.1, 0.15) is 11.1 Å². The average Bonchev–Trinajstić information content (AvgIpc) is 2.41. The van der Waals surface area contributed by atoms with E-state index in [0.717, 1.165) is 17.7 Å². The number of nitrogens with two attached hydrogens (primary N) is 1. The van der Waals surface area contributed by atoms with E-state index in [0.29, 0.717) is 5.75 Å². The second-order valence-electron chi connectivity index (χ2n) is 4.09. The molecule has 0 aromatic heterocycles. The molecule has 98 valence electrons. The number of hydrogen-bond donors (Lipinski definition) is 1. The maximum atomic E-state index is 10.6. The van der Waals surface area contributed by atoms with Crippen LogP contribution in [0.5, 0.6) is 11.5 Å². The summed E-state index contributed by atoms with van der Waals surface area (Å²) in [4.78, 5) is 10.6. The molecule has 0 bridgehead atoms. The van der Waals surface area contributed by atoms with E-state index in [1.807, 2.05) is 36.4 Å². The smallest absolute Gasteiger partial charge is 0.409 e. The standard InChI is InChI=1S/C15H15NO3/c1-18-13-6-2-11(3-7-13)10-12-4-8-14(9-5-12)19-15(16)17/h2-9H,10H2,1H3,(H2,16,17). The maximum absolute atomic E-state index is 10.6. The second-order valence-corrected chi connectivity index (χ2v) is 4.09. The minimum Gasteiger partial charge on any atom is -0.497 e. The summed E-state index contributed by atoms with van der Waals surface area (Å²) >= 11 is 0. The van der Waals surface area contributed by atoms with Crippen LogP contribution in [-0.4, -0.2) is 13.2 Å². The number of primary amides is 1. The van der Waals surface area contributed by atoms with Gasteiger partial charge in [-0.3, -0.25) is 0 Å². The molecule has 2 aromatic rings. The van der Waals surface area contributed by atoms with E-state index in [4.69, 9.17) is 15.2 Å². The van der Waals surface area contributed by atoms with Crippen LogP contribution in [0.3, 0.4) is 0 Å². The van der Waals surface area contributed by atoms with Gasteiger partial charge in [0, 0.05) is 0 Å². The molecule has 0 atom stereocenters. The first-order valence-electron chi connectivity index (χ1n) is 5.86. The lowest BCUT2D eigenvalue weighted by atomic mass is 10.0. The summed E-state index contributed by atoms with van der Waals surface area (Å²) in [6, 6.07) is 15.2. The molecule has 0 saturated carbocycles. The average molecular weight is 257 g/mol. The third kappa shape index (κ3) is 3.74. The molecular formula is C15H15NO3. The first-order valence-corrected chi connectivity index (χ1v) is 5.86. The Hall–Kier alpha value is -2.49. The molecule has 2 N–H and O–H groups in total. The van der Waals surface area contributed by atoms with E-state index in [9.17, 15) is 4.79 Å². The predicted molar refractivity (Wildman–Crippen MR) is 72.5 cm³/mol. The number of ether oxygens (including phenoxy) is 2. The van der Waals surface area contributed by atoms with Crippen molar-refractivity contribution < 1.29 is 14.3 Å². The van der Waals surface area contributed by atoms with Crippen molar-refractivity contribution in [1.82, 2.24) is 0 Å². The Bertz CT molecular complexity index is 547. The molecule has 2 rings (SSSR count). The van der Waals surface area contributed by atoms with Crippen molar-refractivity contribution in [3.63, 3.8) is 0 Å². The molecule has 0 radical (unpaired) electrons. The number of amides is 1. The molecule has 0 heterocycles. The molecule has 0 unspecified atom stereocenters. The number of carbonyl (C=O) groups is 1. The van der Waals surface area contributed by atoms with Crippen molar-refractivity contribution in [2.45, 2.75) is 6.42 Å². The van der Waals surface area contributed by atoms with E-state index in [1.54, 1.807) is 19.2 Å².